The van der Waals surface area contributed by atoms with Crippen LogP contribution in [-0.4, -0.2) is 35.5 Å². The van der Waals surface area contributed by atoms with E-state index in [4.69, 9.17) is 13.9 Å². The van der Waals surface area contributed by atoms with E-state index in [1.54, 1.807) is 12.1 Å². The lowest BCUT2D eigenvalue weighted by Crippen LogP contribution is -2.25. The van der Waals surface area contributed by atoms with Gasteiger partial charge in [0.2, 0.25) is 0 Å². The second-order valence-corrected chi connectivity index (χ2v) is 6.81. The third-order valence-corrected chi connectivity index (χ3v) is 4.37. The first kappa shape index (κ1) is 17.6. The van der Waals surface area contributed by atoms with Gasteiger partial charge in [-0.05, 0) is 32.0 Å². The van der Waals surface area contributed by atoms with Gasteiger partial charge < -0.3 is 24.0 Å². The van der Waals surface area contributed by atoms with Crippen molar-refractivity contribution in [3.05, 3.63) is 52.8 Å². The molecule has 0 spiro atoms. The zero-order chi connectivity index (χ0) is 19.0. The Kier molecular flexibility index (Phi) is 4.59. The molecule has 4 rings (SSSR count). The van der Waals surface area contributed by atoms with Crippen LogP contribution in [0.15, 0.2) is 51.7 Å². The third-order valence-electron chi connectivity index (χ3n) is 4.37. The van der Waals surface area contributed by atoms with Gasteiger partial charge in [0, 0.05) is 16.8 Å². The quantitative estimate of drug-likeness (QED) is 0.544. The first-order valence-corrected chi connectivity index (χ1v) is 8.92. The molecule has 0 aliphatic heterocycles. The van der Waals surface area contributed by atoms with E-state index in [0.29, 0.717) is 27.8 Å². The van der Waals surface area contributed by atoms with Crippen molar-refractivity contribution in [2.24, 2.45) is 0 Å². The number of furan rings is 1. The maximum Gasteiger partial charge on any atom is 0.260 e. The molecule has 2 aromatic carbocycles. The first-order valence-electron chi connectivity index (χ1n) is 8.92. The van der Waals surface area contributed by atoms with Crippen LogP contribution in [0.5, 0.6) is 5.75 Å². The summed E-state index contributed by atoms with van der Waals surface area (Å²) in [6, 6.07) is 12.9. The number of nitrogens with one attached hydrogen (secondary N) is 1. The van der Waals surface area contributed by atoms with Gasteiger partial charge >= 0.3 is 0 Å². The van der Waals surface area contributed by atoms with Crippen molar-refractivity contribution in [2.45, 2.75) is 26.1 Å². The SMILES string of the molecule is CC(C)OCC(O)COc1ccc2c(c1)[nH]c(=O)c1c3ccccc3oc21. The minimum absolute atomic E-state index is 0.0524. The number of para-hydroxylation sites is 1. The van der Waals surface area contributed by atoms with E-state index in [2.05, 4.69) is 4.98 Å². The van der Waals surface area contributed by atoms with Crippen molar-refractivity contribution < 1.29 is 19.0 Å². The highest BCUT2D eigenvalue weighted by atomic mass is 16.5. The number of hydrogen-bond donors (Lipinski definition) is 2. The van der Waals surface area contributed by atoms with Crippen molar-refractivity contribution >= 4 is 32.8 Å². The molecule has 0 aliphatic rings. The van der Waals surface area contributed by atoms with Crippen molar-refractivity contribution in [1.82, 2.24) is 4.98 Å². The predicted molar refractivity (Wildman–Crippen MR) is 104 cm³/mol. The number of rotatable bonds is 6. The Morgan fingerprint density at radius 1 is 1.11 bits per heavy atom. The molecule has 0 saturated heterocycles. The molecular weight excluding hydrogens is 346 g/mol. The van der Waals surface area contributed by atoms with Gasteiger partial charge in [-0.1, -0.05) is 18.2 Å². The minimum atomic E-state index is -0.722. The number of aliphatic hydroxyl groups is 1. The molecule has 1 unspecified atom stereocenters. The zero-order valence-electron chi connectivity index (χ0n) is 15.2. The molecule has 27 heavy (non-hydrogen) atoms. The number of ether oxygens (including phenoxy) is 2. The molecule has 6 nitrogen and oxygen atoms in total. The number of aliphatic hydroxyl groups excluding tert-OH is 1. The van der Waals surface area contributed by atoms with Gasteiger partial charge in [0.15, 0.2) is 0 Å². The fourth-order valence-electron chi connectivity index (χ4n) is 3.10. The number of hydrogen-bond acceptors (Lipinski definition) is 5. The Morgan fingerprint density at radius 3 is 2.74 bits per heavy atom. The van der Waals surface area contributed by atoms with E-state index in [9.17, 15) is 9.90 Å². The Bertz CT molecular complexity index is 1160. The minimum Gasteiger partial charge on any atom is -0.491 e. The standard InChI is InChI=1S/C21H21NO5/c1-12(2)25-10-13(23)11-26-14-7-8-15-17(9-14)22-21(24)19-16-5-3-4-6-18(16)27-20(15)19/h3-9,12-13,23H,10-11H2,1-2H3,(H,22,24). The van der Waals surface area contributed by atoms with Crippen LogP contribution in [0.25, 0.3) is 32.8 Å². The topological polar surface area (TPSA) is 84.7 Å². The number of benzene rings is 2. The number of aromatic amines is 1. The van der Waals surface area contributed by atoms with Crippen LogP contribution in [-0.2, 0) is 4.74 Å². The largest absolute Gasteiger partial charge is 0.491 e. The van der Waals surface area contributed by atoms with Gasteiger partial charge in [0.05, 0.1) is 23.6 Å². The zero-order valence-corrected chi connectivity index (χ0v) is 15.2. The number of pyridine rings is 1. The average molecular weight is 367 g/mol. The first-order chi connectivity index (χ1) is 13.0. The molecule has 0 bridgehead atoms. The summed E-state index contributed by atoms with van der Waals surface area (Å²) < 4.78 is 16.9. The maximum atomic E-state index is 12.6. The van der Waals surface area contributed by atoms with Crippen LogP contribution < -0.4 is 10.3 Å². The van der Waals surface area contributed by atoms with E-state index in [1.165, 1.54) is 0 Å². The Balaban J connectivity index is 1.66. The Labute approximate surface area is 155 Å². The molecule has 4 aromatic rings. The van der Waals surface area contributed by atoms with Gasteiger partial charge in [0.1, 0.15) is 29.6 Å². The molecule has 2 aromatic heterocycles. The number of H-pyrrole nitrogens is 1. The van der Waals surface area contributed by atoms with Crippen LogP contribution >= 0.6 is 0 Å². The average Bonchev–Trinajstić information content (AvgIpc) is 3.05. The van der Waals surface area contributed by atoms with Crippen molar-refractivity contribution in [3.63, 3.8) is 0 Å². The second kappa shape index (κ2) is 7.06. The molecule has 140 valence electrons. The smallest absolute Gasteiger partial charge is 0.260 e. The Hall–Kier alpha value is -2.83. The summed E-state index contributed by atoms with van der Waals surface area (Å²) in [5.74, 6) is 0.553. The number of fused-ring (bicyclic) bond motifs is 5. The van der Waals surface area contributed by atoms with Gasteiger partial charge in [-0.25, -0.2) is 0 Å². The molecule has 0 radical (unpaired) electrons. The lowest BCUT2D eigenvalue weighted by molar-refractivity contribution is -0.0122. The summed E-state index contributed by atoms with van der Waals surface area (Å²) in [6.07, 6.45) is -0.670. The van der Waals surface area contributed by atoms with E-state index >= 15 is 0 Å². The van der Waals surface area contributed by atoms with Gasteiger partial charge in [-0.3, -0.25) is 4.79 Å². The summed E-state index contributed by atoms with van der Waals surface area (Å²) in [5, 5.41) is 12.1. The normalized spacial score (nSPS) is 13.0. The van der Waals surface area contributed by atoms with Crippen LogP contribution in [0.2, 0.25) is 0 Å². The van der Waals surface area contributed by atoms with Crippen LogP contribution in [0.1, 0.15) is 13.8 Å². The molecular formula is C21H21NO5. The molecule has 0 fully saturated rings. The molecule has 0 saturated carbocycles. The highest BCUT2D eigenvalue weighted by Gasteiger charge is 2.14. The molecule has 0 aliphatic carbocycles. The molecule has 1 atom stereocenters. The van der Waals surface area contributed by atoms with E-state index in [1.807, 2.05) is 44.2 Å². The highest BCUT2D eigenvalue weighted by Crippen LogP contribution is 2.31. The van der Waals surface area contributed by atoms with Gasteiger partial charge in [-0.2, -0.15) is 0 Å². The second-order valence-electron chi connectivity index (χ2n) is 6.81. The maximum absolute atomic E-state index is 12.6. The van der Waals surface area contributed by atoms with E-state index in [0.717, 1.165) is 10.8 Å². The molecule has 6 heteroatoms. The van der Waals surface area contributed by atoms with E-state index < -0.39 is 6.10 Å². The summed E-state index contributed by atoms with van der Waals surface area (Å²) >= 11 is 0. The summed E-state index contributed by atoms with van der Waals surface area (Å²) in [5.41, 5.74) is 1.66. The summed E-state index contributed by atoms with van der Waals surface area (Å²) in [4.78, 5) is 15.5. The monoisotopic (exact) mass is 367 g/mol. The van der Waals surface area contributed by atoms with Crippen LogP contribution in [0, 0.1) is 0 Å². The molecule has 0 amide bonds. The summed E-state index contributed by atoms with van der Waals surface area (Å²) in [7, 11) is 0. The fourth-order valence-corrected chi connectivity index (χ4v) is 3.10. The van der Waals surface area contributed by atoms with Crippen molar-refractivity contribution in [3.8, 4) is 5.75 Å². The van der Waals surface area contributed by atoms with Crippen molar-refractivity contribution in [2.75, 3.05) is 13.2 Å². The molecule has 2 N–H and O–H groups in total. The Morgan fingerprint density at radius 2 is 1.93 bits per heavy atom. The van der Waals surface area contributed by atoms with Crippen LogP contribution in [0.3, 0.4) is 0 Å². The van der Waals surface area contributed by atoms with Crippen molar-refractivity contribution in [1.29, 1.82) is 0 Å². The van der Waals surface area contributed by atoms with E-state index in [-0.39, 0.29) is 24.9 Å². The van der Waals surface area contributed by atoms with Crippen LogP contribution in [0.4, 0.5) is 0 Å². The van der Waals surface area contributed by atoms with Gasteiger partial charge in [0.25, 0.3) is 5.56 Å². The fraction of sp³-hybridized carbons (Fsp3) is 0.286. The molecule has 2 heterocycles. The lowest BCUT2D eigenvalue weighted by atomic mass is 10.1. The predicted octanol–water partition coefficient (Wildman–Crippen LogP) is 3.59. The van der Waals surface area contributed by atoms with Gasteiger partial charge in [-0.15, -0.1) is 0 Å². The number of aromatic nitrogens is 1. The third kappa shape index (κ3) is 3.41. The summed E-state index contributed by atoms with van der Waals surface area (Å²) in [6.45, 7) is 4.13. The highest BCUT2D eigenvalue weighted by molar-refractivity contribution is 6.13. The lowest BCUT2D eigenvalue weighted by Gasteiger charge is -2.14.